The highest BCUT2D eigenvalue weighted by Crippen LogP contribution is 2.30. The summed E-state index contributed by atoms with van der Waals surface area (Å²) in [6, 6.07) is 14.3. The summed E-state index contributed by atoms with van der Waals surface area (Å²) in [7, 11) is 2.20. The summed E-state index contributed by atoms with van der Waals surface area (Å²) in [5.74, 6) is -1.06. The third kappa shape index (κ3) is 11.4. The second-order valence-corrected chi connectivity index (χ2v) is 14.3. The molecule has 8 nitrogen and oxygen atoms in total. The van der Waals surface area contributed by atoms with E-state index >= 15 is 0 Å². The number of piperidine rings is 1. The Morgan fingerprint density at radius 2 is 1.43 bits per heavy atom. The van der Waals surface area contributed by atoms with Crippen molar-refractivity contribution in [2.24, 2.45) is 0 Å². The van der Waals surface area contributed by atoms with Crippen LogP contribution in [0.15, 0.2) is 65.6 Å². The van der Waals surface area contributed by atoms with Gasteiger partial charge < -0.3 is 35.9 Å². The Kier molecular flexibility index (Phi) is 16.5. The number of hydrogen-bond donors (Lipinski definition) is 0. The van der Waals surface area contributed by atoms with E-state index in [-0.39, 0.29) is 34.8 Å². The van der Waals surface area contributed by atoms with Crippen LogP contribution in [0.5, 0.6) is 11.5 Å². The van der Waals surface area contributed by atoms with Gasteiger partial charge in [-0.05, 0) is 88.1 Å². The predicted octanol–water partition coefficient (Wildman–Crippen LogP) is 6.57. The minimum Gasteiger partial charge on any atom is -1.00 e. The number of fused-ring (bicyclic) bond motifs is 1. The summed E-state index contributed by atoms with van der Waals surface area (Å²) in [6.07, 6.45) is 13.2. The molecule has 1 saturated heterocycles. The summed E-state index contributed by atoms with van der Waals surface area (Å²) in [5, 5.41) is 0.363. The number of unbranched alkanes of at least 4 members (excludes halogenated alkanes) is 4. The molecule has 1 aliphatic heterocycles. The summed E-state index contributed by atoms with van der Waals surface area (Å²) >= 11 is 0. The van der Waals surface area contributed by atoms with E-state index in [0.717, 1.165) is 99.5 Å². The minimum atomic E-state index is -0.810. The Hall–Kier alpha value is -3.80. The molecule has 2 heterocycles. The van der Waals surface area contributed by atoms with E-state index < -0.39 is 23.0 Å². The van der Waals surface area contributed by atoms with Gasteiger partial charge in [-0.25, -0.2) is 13.6 Å². The van der Waals surface area contributed by atoms with Gasteiger partial charge in [0.25, 0.3) is 5.91 Å². The van der Waals surface area contributed by atoms with Crippen molar-refractivity contribution in [2.45, 2.75) is 91.4 Å². The maximum atomic E-state index is 14.2. The van der Waals surface area contributed by atoms with E-state index in [1.165, 1.54) is 30.4 Å². The van der Waals surface area contributed by atoms with Gasteiger partial charge in [0.2, 0.25) is 5.43 Å². The van der Waals surface area contributed by atoms with E-state index in [1.807, 2.05) is 48.7 Å². The minimum absolute atomic E-state index is 0. The van der Waals surface area contributed by atoms with Crippen molar-refractivity contribution >= 4 is 22.5 Å². The molecule has 11 heteroatoms. The fraction of sp³-hybridized carbons (Fsp3) is 0.488. The zero-order valence-electron chi connectivity index (χ0n) is 32.3. The highest BCUT2D eigenvalue weighted by molar-refractivity contribution is 6.07. The molecule has 4 aromatic rings. The number of hydroxylamine groups is 3. The molecule has 0 spiro atoms. The molecule has 1 aliphatic rings. The number of halogens is 3. The third-order valence-corrected chi connectivity index (χ3v) is 9.88. The van der Waals surface area contributed by atoms with Crippen LogP contribution in [-0.2, 0) is 11.3 Å². The van der Waals surface area contributed by atoms with E-state index in [2.05, 4.69) is 7.05 Å². The number of nitrogens with zero attached hydrogens (tertiary/aromatic N) is 3. The van der Waals surface area contributed by atoms with Crippen molar-refractivity contribution < 1.29 is 49.5 Å². The molecule has 294 valence electrons. The maximum Gasteiger partial charge on any atom is 0.263 e. The van der Waals surface area contributed by atoms with E-state index in [0.29, 0.717) is 41.3 Å². The number of ether oxygens (including phenoxy) is 2. The predicted molar refractivity (Wildman–Crippen MR) is 207 cm³/mol. The Morgan fingerprint density at radius 3 is 2.06 bits per heavy atom. The van der Waals surface area contributed by atoms with Gasteiger partial charge >= 0.3 is 0 Å². The molecule has 1 fully saturated rings. The third-order valence-electron chi connectivity index (χ3n) is 9.88. The molecule has 0 saturated carbocycles. The van der Waals surface area contributed by atoms with Crippen molar-refractivity contribution in [2.75, 3.05) is 51.4 Å². The Morgan fingerprint density at radius 1 is 0.796 bits per heavy atom. The van der Waals surface area contributed by atoms with Gasteiger partial charge in [0.1, 0.15) is 48.4 Å². The summed E-state index contributed by atoms with van der Waals surface area (Å²) in [6.45, 7) is 9.89. The lowest BCUT2D eigenvalue weighted by molar-refractivity contribution is -1.09. The zero-order chi connectivity index (χ0) is 37.8. The topological polar surface area (TPSA) is 70.0 Å². The fourth-order valence-corrected chi connectivity index (χ4v) is 7.04. The molecule has 0 unspecified atom stereocenters. The molecule has 0 aliphatic carbocycles. The van der Waals surface area contributed by atoms with Crippen LogP contribution in [-0.4, -0.2) is 61.6 Å². The van der Waals surface area contributed by atoms with Gasteiger partial charge in [-0.15, -0.1) is 0 Å². The number of carbonyl (C=O) groups is 1. The number of carbonyl (C=O) groups excluding carboxylic acids is 1. The Labute approximate surface area is 329 Å². The van der Waals surface area contributed by atoms with Crippen LogP contribution in [0.25, 0.3) is 16.6 Å². The monoisotopic (exact) mass is 811 g/mol. The lowest BCUT2D eigenvalue weighted by atomic mass is 10.0. The lowest BCUT2D eigenvalue weighted by Crippen LogP contribution is -3.00. The van der Waals surface area contributed by atoms with Gasteiger partial charge in [-0.2, -0.15) is 4.65 Å². The number of pyridine rings is 1. The van der Waals surface area contributed by atoms with Crippen LogP contribution >= 0.6 is 0 Å². The number of quaternary nitrogens is 1. The van der Waals surface area contributed by atoms with Crippen LogP contribution < -0.4 is 36.8 Å². The highest BCUT2D eigenvalue weighted by Gasteiger charge is 2.26. The number of amides is 1. The molecule has 0 bridgehead atoms. The summed E-state index contributed by atoms with van der Waals surface area (Å²) in [5.41, 5.74) is 1.85. The van der Waals surface area contributed by atoms with Gasteiger partial charge in [0, 0.05) is 48.1 Å². The van der Waals surface area contributed by atoms with Crippen LogP contribution in [0.2, 0.25) is 0 Å². The first-order valence-corrected chi connectivity index (χ1v) is 19.5. The fourth-order valence-electron chi connectivity index (χ4n) is 7.04. The Bertz CT molecular complexity index is 1850. The van der Waals surface area contributed by atoms with Gasteiger partial charge in [-0.1, -0.05) is 39.2 Å². The van der Waals surface area contributed by atoms with E-state index in [9.17, 15) is 18.4 Å². The van der Waals surface area contributed by atoms with E-state index in [4.69, 9.17) is 14.3 Å². The molecule has 3 aromatic carbocycles. The molecule has 0 radical (unpaired) electrons. The highest BCUT2D eigenvalue weighted by atomic mass is 79.9. The molecule has 0 N–H and O–H groups in total. The number of benzene rings is 3. The molecule has 1 amide bonds. The van der Waals surface area contributed by atoms with Crippen molar-refractivity contribution in [3.05, 3.63) is 93.8 Å². The van der Waals surface area contributed by atoms with Crippen LogP contribution in [0, 0.1) is 11.6 Å². The van der Waals surface area contributed by atoms with Crippen molar-refractivity contribution in [3.63, 3.8) is 0 Å². The summed E-state index contributed by atoms with van der Waals surface area (Å²) in [4.78, 5) is 35.6. The second-order valence-electron chi connectivity index (χ2n) is 14.3. The quantitative estimate of drug-likeness (QED) is 0.0792. The molecular weight excluding hydrogens is 756 g/mol. The second kappa shape index (κ2) is 20.8. The zero-order valence-corrected chi connectivity index (χ0v) is 33.9. The first-order chi connectivity index (χ1) is 25.6. The van der Waals surface area contributed by atoms with Gasteiger partial charge in [0.15, 0.2) is 0 Å². The SMILES string of the molecule is CCCOc1cc(OCCC)cc(-n2cc(C(=O)N(CC)c3cc(F)cc(F)c3)c(=O)c3ccc(CCCCCCCO[N+]4(C)CCCCC4)cc32)c1.[Br-]. The first-order valence-electron chi connectivity index (χ1n) is 19.5. The number of likely N-dealkylation sites (tertiary alicyclic amines) is 1. The average molecular weight is 813 g/mol. The standard InChI is InChI=1S/C43H56F2N3O5.BrH/c1-5-21-51-37-28-36(29-38(30-37)52-22-6-2)47-31-40(43(50)46(7-3)35-26-33(44)25-34(45)27-35)42(49)39-18-17-32(24-41(39)47)16-12-9-8-10-15-23-53-48(4)19-13-11-14-20-48;/h17-18,24-31H,5-16,19-23H2,1-4H3;1H/q+1;/p-1. The van der Waals surface area contributed by atoms with Crippen LogP contribution in [0.1, 0.15) is 101 Å². The number of hydrogen-bond acceptors (Lipinski definition) is 5. The van der Waals surface area contributed by atoms with Crippen molar-refractivity contribution in [1.29, 1.82) is 0 Å². The normalized spacial score (nSPS) is 13.7. The average Bonchev–Trinajstić information content (AvgIpc) is 3.14. The largest absolute Gasteiger partial charge is 1.00 e. The molecule has 1 aromatic heterocycles. The molecular formula is C43H56BrF2N3O5. The number of anilines is 1. The maximum absolute atomic E-state index is 14.2. The molecule has 54 heavy (non-hydrogen) atoms. The number of rotatable bonds is 19. The van der Waals surface area contributed by atoms with Crippen molar-refractivity contribution in [1.82, 2.24) is 4.57 Å². The Balaban J connectivity index is 0.00000650. The molecule has 5 rings (SSSR count). The van der Waals surface area contributed by atoms with E-state index in [1.54, 1.807) is 13.0 Å². The first kappa shape index (κ1) is 42.9. The van der Waals surface area contributed by atoms with Gasteiger partial charge in [-0.3, -0.25) is 9.59 Å². The number of aryl methyl sites for hydroxylation is 1. The smallest absolute Gasteiger partial charge is 0.263 e. The summed E-state index contributed by atoms with van der Waals surface area (Å²) < 4.78 is 43.1. The van der Waals surface area contributed by atoms with Gasteiger partial charge in [0.05, 0.1) is 31.5 Å². The van der Waals surface area contributed by atoms with Crippen LogP contribution in [0.3, 0.4) is 0 Å². The van der Waals surface area contributed by atoms with Crippen LogP contribution in [0.4, 0.5) is 14.5 Å². The number of aromatic nitrogens is 1. The lowest BCUT2D eigenvalue weighted by Gasteiger charge is -2.34. The molecule has 0 atom stereocenters. The van der Waals surface area contributed by atoms with Crippen molar-refractivity contribution in [3.8, 4) is 17.2 Å².